The van der Waals surface area contributed by atoms with Crippen LogP contribution in [0.2, 0.25) is 0 Å². The van der Waals surface area contributed by atoms with Crippen molar-refractivity contribution in [2.45, 2.75) is 0 Å². The fourth-order valence-electron chi connectivity index (χ4n) is 3.56. The second kappa shape index (κ2) is 7.43. The first-order valence-corrected chi connectivity index (χ1v) is 9.58. The molecule has 1 aromatic carbocycles. The molecule has 0 aliphatic carbocycles. The molecule has 30 heavy (non-hydrogen) atoms. The van der Waals surface area contributed by atoms with E-state index in [2.05, 4.69) is 20.0 Å². The molecule has 0 unspecified atom stereocenters. The quantitative estimate of drug-likeness (QED) is 0.482. The lowest BCUT2D eigenvalue weighted by atomic mass is 10.1. The molecule has 4 aromatic rings. The van der Waals surface area contributed by atoms with Gasteiger partial charge < -0.3 is 14.2 Å². The maximum atomic E-state index is 12.9. The van der Waals surface area contributed by atoms with E-state index in [0.29, 0.717) is 37.6 Å². The molecule has 0 N–H and O–H groups in total. The summed E-state index contributed by atoms with van der Waals surface area (Å²) in [6.45, 7) is 2.15. The lowest BCUT2D eigenvalue weighted by molar-refractivity contribution is 0.0742. The summed E-state index contributed by atoms with van der Waals surface area (Å²) >= 11 is 0. The molecule has 9 heteroatoms. The van der Waals surface area contributed by atoms with Gasteiger partial charge >= 0.3 is 5.63 Å². The molecule has 0 radical (unpaired) electrons. The Labute approximate surface area is 171 Å². The average Bonchev–Trinajstić information content (AvgIpc) is 3.33. The monoisotopic (exact) mass is 402 g/mol. The largest absolute Gasteiger partial charge is 0.422 e. The number of anilines is 1. The first kappa shape index (κ1) is 18.0. The molecule has 9 nitrogen and oxygen atoms in total. The first-order valence-electron chi connectivity index (χ1n) is 9.58. The molecular weight excluding hydrogens is 384 g/mol. The lowest BCUT2D eigenvalue weighted by Gasteiger charge is -2.35. The summed E-state index contributed by atoms with van der Waals surface area (Å²) in [4.78, 5) is 37.6. The summed E-state index contributed by atoms with van der Waals surface area (Å²) < 4.78 is 6.98. The van der Waals surface area contributed by atoms with E-state index in [0.717, 1.165) is 11.2 Å². The Morgan fingerprint density at radius 3 is 2.57 bits per heavy atom. The summed E-state index contributed by atoms with van der Waals surface area (Å²) in [5.41, 5.74) is -0.0773. The SMILES string of the molecule is O=C(c1cc2ccccc2oc1=O)N1CCN(c2cc(-n3cccn3)ncn2)CC1. The summed E-state index contributed by atoms with van der Waals surface area (Å²) in [6.07, 6.45) is 5.01. The van der Waals surface area contributed by atoms with Gasteiger partial charge in [-0.2, -0.15) is 5.10 Å². The molecule has 1 amide bonds. The van der Waals surface area contributed by atoms with Crippen molar-refractivity contribution in [1.29, 1.82) is 0 Å². The van der Waals surface area contributed by atoms with Gasteiger partial charge in [0.1, 0.15) is 23.3 Å². The number of aromatic nitrogens is 4. The highest BCUT2D eigenvalue weighted by Crippen LogP contribution is 2.18. The van der Waals surface area contributed by atoms with Gasteiger partial charge in [-0.1, -0.05) is 18.2 Å². The van der Waals surface area contributed by atoms with E-state index in [1.165, 1.54) is 6.33 Å². The van der Waals surface area contributed by atoms with Crippen molar-refractivity contribution < 1.29 is 9.21 Å². The minimum atomic E-state index is -0.610. The number of hydrogen-bond donors (Lipinski definition) is 0. The Morgan fingerprint density at radius 1 is 0.967 bits per heavy atom. The van der Waals surface area contributed by atoms with E-state index in [1.807, 2.05) is 30.5 Å². The van der Waals surface area contributed by atoms with Crippen LogP contribution in [0.4, 0.5) is 5.82 Å². The maximum absolute atomic E-state index is 12.9. The normalized spacial score (nSPS) is 14.3. The van der Waals surface area contributed by atoms with Gasteiger partial charge in [0.25, 0.3) is 5.91 Å². The zero-order chi connectivity index (χ0) is 20.5. The van der Waals surface area contributed by atoms with Crippen LogP contribution in [-0.2, 0) is 0 Å². The van der Waals surface area contributed by atoms with Gasteiger partial charge in [0.2, 0.25) is 0 Å². The van der Waals surface area contributed by atoms with E-state index in [9.17, 15) is 9.59 Å². The highest BCUT2D eigenvalue weighted by atomic mass is 16.4. The van der Waals surface area contributed by atoms with Crippen molar-refractivity contribution in [1.82, 2.24) is 24.6 Å². The first-order chi connectivity index (χ1) is 14.7. The van der Waals surface area contributed by atoms with E-state index in [4.69, 9.17) is 4.42 Å². The van der Waals surface area contributed by atoms with Crippen LogP contribution in [-0.4, -0.2) is 56.7 Å². The van der Waals surface area contributed by atoms with Crippen molar-refractivity contribution in [2.24, 2.45) is 0 Å². The van der Waals surface area contributed by atoms with E-state index in [1.54, 1.807) is 34.0 Å². The maximum Gasteiger partial charge on any atom is 0.349 e. The van der Waals surface area contributed by atoms with Crippen LogP contribution in [0.5, 0.6) is 0 Å². The van der Waals surface area contributed by atoms with Crippen molar-refractivity contribution in [2.75, 3.05) is 31.1 Å². The standard InChI is InChI=1S/C21H18N6O3/c28-20(16-12-15-4-1-2-5-17(15)30-21(16)29)26-10-8-25(9-11-26)18-13-19(23-14-22-18)27-7-3-6-24-27/h1-7,12-14H,8-11H2. The van der Waals surface area contributed by atoms with Crippen LogP contribution in [0.15, 0.2) is 70.4 Å². The zero-order valence-electron chi connectivity index (χ0n) is 16.0. The number of rotatable bonds is 3. The molecule has 0 spiro atoms. The van der Waals surface area contributed by atoms with Crippen LogP contribution < -0.4 is 10.5 Å². The fraction of sp³-hybridized carbons (Fsp3) is 0.190. The Bertz CT molecular complexity index is 1260. The third kappa shape index (κ3) is 3.30. The van der Waals surface area contributed by atoms with Crippen LogP contribution in [0.1, 0.15) is 10.4 Å². The van der Waals surface area contributed by atoms with E-state index >= 15 is 0 Å². The highest BCUT2D eigenvalue weighted by Gasteiger charge is 2.25. The Balaban J connectivity index is 1.32. The fourth-order valence-corrected chi connectivity index (χ4v) is 3.56. The van der Waals surface area contributed by atoms with Crippen LogP contribution in [0.3, 0.4) is 0 Å². The molecular formula is C21H18N6O3. The molecule has 1 fully saturated rings. The zero-order valence-corrected chi connectivity index (χ0v) is 16.0. The van der Waals surface area contributed by atoms with Gasteiger partial charge in [0.05, 0.1) is 0 Å². The molecule has 3 aromatic heterocycles. The van der Waals surface area contributed by atoms with Gasteiger partial charge in [0.15, 0.2) is 5.82 Å². The molecule has 1 aliphatic rings. The molecule has 0 saturated carbocycles. The molecule has 1 saturated heterocycles. The summed E-state index contributed by atoms with van der Waals surface area (Å²) in [7, 11) is 0. The van der Waals surface area contributed by atoms with Crippen LogP contribution >= 0.6 is 0 Å². The topological polar surface area (TPSA) is 97.4 Å². The summed E-state index contributed by atoms with van der Waals surface area (Å²) in [6, 6.07) is 12.5. The molecule has 0 atom stereocenters. The number of carbonyl (C=O) groups excluding carboxylic acids is 1. The van der Waals surface area contributed by atoms with Crippen molar-refractivity contribution >= 4 is 22.7 Å². The van der Waals surface area contributed by atoms with Crippen molar-refractivity contribution in [3.05, 3.63) is 77.2 Å². The molecule has 5 rings (SSSR count). The Kier molecular flexibility index (Phi) is 4.47. The number of piperazine rings is 1. The van der Waals surface area contributed by atoms with Crippen LogP contribution in [0, 0.1) is 0 Å². The van der Waals surface area contributed by atoms with E-state index < -0.39 is 5.63 Å². The summed E-state index contributed by atoms with van der Waals surface area (Å²) in [5.74, 6) is 1.14. The second-order valence-electron chi connectivity index (χ2n) is 6.95. The molecule has 0 bridgehead atoms. The minimum absolute atomic E-state index is 0.0603. The number of nitrogens with zero attached hydrogens (tertiary/aromatic N) is 6. The van der Waals surface area contributed by atoms with Crippen molar-refractivity contribution in [3.63, 3.8) is 0 Å². The van der Waals surface area contributed by atoms with Crippen LogP contribution in [0.25, 0.3) is 16.8 Å². The third-order valence-corrected chi connectivity index (χ3v) is 5.14. The Hall–Kier alpha value is -4.01. The highest BCUT2D eigenvalue weighted by molar-refractivity contribution is 5.96. The predicted molar refractivity (Wildman–Crippen MR) is 110 cm³/mol. The molecule has 4 heterocycles. The second-order valence-corrected chi connectivity index (χ2v) is 6.95. The lowest BCUT2D eigenvalue weighted by Crippen LogP contribution is -2.49. The Morgan fingerprint density at radius 2 is 1.77 bits per heavy atom. The smallest absolute Gasteiger partial charge is 0.349 e. The van der Waals surface area contributed by atoms with Crippen molar-refractivity contribution in [3.8, 4) is 5.82 Å². The molecule has 150 valence electrons. The number of hydrogen-bond acceptors (Lipinski definition) is 7. The number of amides is 1. The number of carbonyl (C=O) groups is 1. The predicted octanol–water partition coefficient (Wildman–Crippen LogP) is 1.73. The van der Waals surface area contributed by atoms with Gasteiger partial charge in [-0.3, -0.25) is 4.79 Å². The number of fused-ring (bicyclic) bond motifs is 1. The van der Waals surface area contributed by atoms with Gasteiger partial charge in [0, 0.05) is 50.0 Å². The molecule has 1 aliphatic heterocycles. The minimum Gasteiger partial charge on any atom is -0.422 e. The van der Waals surface area contributed by atoms with E-state index in [-0.39, 0.29) is 11.5 Å². The average molecular weight is 402 g/mol. The number of para-hydroxylation sites is 1. The van der Waals surface area contributed by atoms with Gasteiger partial charge in [-0.15, -0.1) is 0 Å². The number of benzene rings is 1. The van der Waals surface area contributed by atoms with Gasteiger partial charge in [-0.05, 0) is 18.2 Å². The van der Waals surface area contributed by atoms with Gasteiger partial charge in [-0.25, -0.2) is 19.4 Å². The summed E-state index contributed by atoms with van der Waals surface area (Å²) in [5, 5.41) is 4.92. The third-order valence-electron chi connectivity index (χ3n) is 5.14.